The first-order valence-electron chi connectivity index (χ1n) is 6.24. The van der Waals surface area contributed by atoms with Crippen LogP contribution in [0.15, 0.2) is 47.1 Å². The molecule has 0 saturated carbocycles. The van der Waals surface area contributed by atoms with Crippen LogP contribution in [-0.4, -0.2) is 23.7 Å². The van der Waals surface area contributed by atoms with Gasteiger partial charge in [0.25, 0.3) is 0 Å². The highest BCUT2D eigenvalue weighted by atomic mass is 79.9. The number of benzene rings is 2. The molecule has 4 nitrogen and oxygen atoms in total. The highest BCUT2D eigenvalue weighted by molar-refractivity contribution is 9.10. The lowest BCUT2D eigenvalue weighted by molar-refractivity contribution is 0.0483. The molecule has 21 heavy (non-hydrogen) atoms. The van der Waals surface area contributed by atoms with Crippen molar-refractivity contribution in [1.29, 1.82) is 0 Å². The number of hydrogen-bond donors (Lipinski definition) is 0. The Morgan fingerprint density at radius 2 is 2.10 bits per heavy atom. The number of ether oxygens (including phenoxy) is 2. The quantitative estimate of drug-likeness (QED) is 0.669. The van der Waals surface area contributed by atoms with Gasteiger partial charge in [-0.3, -0.25) is 0 Å². The summed E-state index contributed by atoms with van der Waals surface area (Å²) in [6.07, 6.45) is 1.76. The topological polar surface area (TPSA) is 36.3 Å². The molecule has 0 radical (unpaired) electrons. The van der Waals surface area contributed by atoms with Crippen LogP contribution in [0, 0.1) is 5.82 Å². The van der Waals surface area contributed by atoms with Crippen molar-refractivity contribution in [3.63, 3.8) is 0 Å². The molecule has 0 amide bonds. The molecule has 0 atom stereocenters. The first kappa shape index (κ1) is 14.0. The van der Waals surface area contributed by atoms with Gasteiger partial charge in [0.2, 0.25) is 0 Å². The summed E-state index contributed by atoms with van der Waals surface area (Å²) in [5.74, 6) is -0.301. The number of hydrogen-bond acceptors (Lipinski definition) is 3. The third-order valence-corrected chi connectivity index (χ3v) is 3.51. The highest BCUT2D eigenvalue weighted by Crippen LogP contribution is 2.25. The zero-order valence-electron chi connectivity index (χ0n) is 11.2. The normalized spacial score (nSPS) is 11.0. The molecule has 0 unspecified atom stereocenters. The van der Waals surface area contributed by atoms with Crippen molar-refractivity contribution in [2.24, 2.45) is 0 Å². The Labute approximate surface area is 129 Å². The molecule has 2 aromatic carbocycles. The number of fused-ring (bicyclic) bond motifs is 1. The van der Waals surface area contributed by atoms with Crippen molar-refractivity contribution in [3.05, 3.63) is 52.9 Å². The van der Waals surface area contributed by atoms with Crippen molar-refractivity contribution in [2.75, 3.05) is 13.9 Å². The third kappa shape index (κ3) is 2.77. The van der Waals surface area contributed by atoms with Crippen molar-refractivity contribution in [1.82, 2.24) is 9.78 Å². The van der Waals surface area contributed by atoms with E-state index in [1.54, 1.807) is 23.0 Å². The lowest BCUT2D eigenvalue weighted by Crippen LogP contribution is -2.03. The molecule has 0 fully saturated rings. The van der Waals surface area contributed by atoms with Crippen LogP contribution >= 0.6 is 15.9 Å². The fraction of sp³-hybridized carbons (Fsp3) is 0.133. The van der Waals surface area contributed by atoms with Crippen molar-refractivity contribution in [3.8, 4) is 11.4 Å². The van der Waals surface area contributed by atoms with E-state index in [4.69, 9.17) is 9.47 Å². The molecule has 0 saturated heterocycles. The zero-order valence-corrected chi connectivity index (χ0v) is 12.8. The largest absolute Gasteiger partial charge is 0.464 e. The maximum atomic E-state index is 13.7. The van der Waals surface area contributed by atoms with Gasteiger partial charge < -0.3 is 9.47 Å². The second-order valence-corrected chi connectivity index (χ2v) is 5.34. The van der Waals surface area contributed by atoms with Gasteiger partial charge in [-0.05, 0) is 30.3 Å². The first-order valence-corrected chi connectivity index (χ1v) is 7.03. The summed E-state index contributed by atoms with van der Waals surface area (Å²) in [4.78, 5) is 0. The summed E-state index contributed by atoms with van der Waals surface area (Å²) in [7, 11) is 1.49. The fourth-order valence-corrected chi connectivity index (χ4v) is 2.45. The molecule has 1 heterocycles. The second-order valence-electron chi connectivity index (χ2n) is 4.43. The van der Waals surface area contributed by atoms with Crippen molar-refractivity contribution >= 4 is 26.8 Å². The molecule has 1 aromatic heterocycles. The van der Waals surface area contributed by atoms with Gasteiger partial charge in [0, 0.05) is 23.0 Å². The van der Waals surface area contributed by atoms with Crippen molar-refractivity contribution < 1.29 is 13.9 Å². The lowest BCUT2D eigenvalue weighted by atomic mass is 10.2. The van der Waals surface area contributed by atoms with E-state index < -0.39 is 5.82 Å². The number of methoxy groups -OCH3 is 1. The van der Waals surface area contributed by atoms with E-state index in [0.717, 1.165) is 21.1 Å². The van der Waals surface area contributed by atoms with Gasteiger partial charge >= 0.3 is 0 Å². The minimum atomic E-state index is -0.435. The van der Waals surface area contributed by atoms with Gasteiger partial charge in [-0.2, -0.15) is 5.10 Å². The molecule has 0 N–H and O–H groups in total. The van der Waals surface area contributed by atoms with Gasteiger partial charge in [0.05, 0.1) is 17.4 Å². The Bertz CT molecular complexity index is 788. The van der Waals surface area contributed by atoms with Crippen LogP contribution in [0.2, 0.25) is 0 Å². The van der Waals surface area contributed by atoms with Crippen LogP contribution in [0.1, 0.15) is 0 Å². The van der Waals surface area contributed by atoms with E-state index in [0.29, 0.717) is 0 Å². The molecular formula is C15H12BrFN2O2. The number of halogens is 2. The fourth-order valence-electron chi connectivity index (χ4n) is 2.07. The minimum absolute atomic E-state index is 0.00677. The first-order chi connectivity index (χ1) is 10.2. The molecule has 6 heteroatoms. The Hall–Kier alpha value is -1.92. The average Bonchev–Trinajstić information content (AvgIpc) is 2.89. The van der Waals surface area contributed by atoms with E-state index in [1.807, 2.05) is 18.2 Å². The Morgan fingerprint density at radius 1 is 1.24 bits per heavy atom. The van der Waals surface area contributed by atoms with Crippen LogP contribution in [0.4, 0.5) is 4.39 Å². The molecule has 3 aromatic rings. The van der Waals surface area contributed by atoms with Crippen LogP contribution in [0.5, 0.6) is 5.75 Å². The highest BCUT2D eigenvalue weighted by Gasteiger charge is 2.09. The molecule has 0 aliphatic carbocycles. The van der Waals surface area contributed by atoms with Crippen LogP contribution in [-0.2, 0) is 4.74 Å². The van der Waals surface area contributed by atoms with E-state index in [1.165, 1.54) is 13.2 Å². The van der Waals surface area contributed by atoms with Gasteiger partial charge in [-0.15, -0.1) is 0 Å². The van der Waals surface area contributed by atoms with E-state index in [2.05, 4.69) is 21.0 Å². The number of nitrogens with zero attached hydrogens (tertiary/aromatic N) is 2. The Kier molecular flexibility index (Phi) is 3.90. The maximum Gasteiger partial charge on any atom is 0.188 e. The van der Waals surface area contributed by atoms with Crippen LogP contribution < -0.4 is 4.74 Å². The Balaban J connectivity index is 2.06. The molecule has 0 aliphatic rings. The molecule has 108 valence electrons. The summed E-state index contributed by atoms with van der Waals surface area (Å²) in [5.41, 5.74) is 1.65. The van der Waals surface area contributed by atoms with Gasteiger partial charge in [0.1, 0.15) is 0 Å². The van der Waals surface area contributed by atoms with Gasteiger partial charge in [-0.25, -0.2) is 9.07 Å². The monoisotopic (exact) mass is 350 g/mol. The molecule has 0 aliphatic heterocycles. The third-order valence-electron chi connectivity index (χ3n) is 3.02. The Morgan fingerprint density at radius 3 is 2.90 bits per heavy atom. The SMILES string of the molecule is COCOc1cc(-n2ncc3cc(Br)ccc32)ccc1F. The molecular weight excluding hydrogens is 339 g/mol. The molecule has 3 rings (SSSR count). The summed E-state index contributed by atoms with van der Waals surface area (Å²) < 4.78 is 26.4. The second kappa shape index (κ2) is 5.83. The average molecular weight is 351 g/mol. The van der Waals surface area contributed by atoms with Gasteiger partial charge in [0.15, 0.2) is 18.4 Å². The number of rotatable bonds is 4. The summed E-state index contributed by atoms with van der Waals surface area (Å²) in [6.45, 7) is -0.00677. The smallest absolute Gasteiger partial charge is 0.188 e. The molecule has 0 spiro atoms. The van der Waals surface area contributed by atoms with E-state index >= 15 is 0 Å². The van der Waals surface area contributed by atoms with Crippen LogP contribution in [0.3, 0.4) is 0 Å². The maximum absolute atomic E-state index is 13.7. The van der Waals surface area contributed by atoms with Crippen LogP contribution in [0.25, 0.3) is 16.6 Å². The standard InChI is InChI=1S/C15H12BrFN2O2/c1-20-9-21-15-7-12(3-4-13(15)17)19-14-5-2-11(16)6-10(14)8-18-19/h2-8H,9H2,1H3. The number of aromatic nitrogens is 2. The van der Waals surface area contributed by atoms with E-state index in [-0.39, 0.29) is 12.5 Å². The van der Waals surface area contributed by atoms with E-state index in [9.17, 15) is 4.39 Å². The van der Waals surface area contributed by atoms with Crippen molar-refractivity contribution in [2.45, 2.75) is 0 Å². The summed E-state index contributed by atoms with van der Waals surface area (Å²) in [5, 5.41) is 5.34. The predicted molar refractivity (Wildman–Crippen MR) is 81.2 cm³/mol. The predicted octanol–water partition coefficient (Wildman–Crippen LogP) is 3.91. The summed E-state index contributed by atoms with van der Waals surface area (Å²) >= 11 is 3.43. The molecule has 0 bridgehead atoms. The van der Waals surface area contributed by atoms with Gasteiger partial charge in [-0.1, -0.05) is 15.9 Å². The zero-order chi connectivity index (χ0) is 14.8. The summed E-state index contributed by atoms with van der Waals surface area (Å²) in [6, 6.07) is 10.5. The lowest BCUT2D eigenvalue weighted by Gasteiger charge is -2.09. The minimum Gasteiger partial charge on any atom is -0.464 e.